The molecule has 5 rings (SSSR count). The molecule has 0 bridgehead atoms. The third kappa shape index (κ3) is 3.89. The van der Waals surface area contributed by atoms with E-state index in [1.807, 2.05) is 6.92 Å². The van der Waals surface area contributed by atoms with E-state index in [1.54, 1.807) is 17.0 Å². The molecule has 0 radical (unpaired) electrons. The summed E-state index contributed by atoms with van der Waals surface area (Å²) in [6, 6.07) is 4.62. The molecule has 2 amide bonds. The van der Waals surface area contributed by atoms with E-state index < -0.39 is 12.1 Å². The average Bonchev–Trinajstić information content (AvgIpc) is 3.38. The van der Waals surface area contributed by atoms with E-state index in [9.17, 15) is 22.8 Å². The summed E-state index contributed by atoms with van der Waals surface area (Å²) in [5, 5.41) is 6.63. The van der Waals surface area contributed by atoms with Crippen LogP contribution in [-0.4, -0.2) is 38.9 Å². The highest BCUT2D eigenvalue weighted by atomic mass is 19.4. The maximum Gasteiger partial charge on any atom is 0.471 e. The average molecular weight is 462 g/mol. The number of rotatable bonds is 4. The Balaban J connectivity index is 1.35. The minimum atomic E-state index is -4.73. The van der Waals surface area contributed by atoms with Crippen LogP contribution in [0.4, 0.5) is 13.2 Å². The first-order chi connectivity index (χ1) is 15.7. The Morgan fingerprint density at radius 2 is 1.97 bits per heavy atom. The summed E-state index contributed by atoms with van der Waals surface area (Å²) in [5.41, 5.74) is 1.20. The van der Waals surface area contributed by atoms with Crippen LogP contribution in [-0.2, 0) is 17.5 Å². The molecule has 3 aliphatic rings. The van der Waals surface area contributed by atoms with E-state index in [4.69, 9.17) is 0 Å². The zero-order chi connectivity index (χ0) is 23.4. The predicted octanol–water partition coefficient (Wildman–Crippen LogP) is 4.33. The molecule has 2 fully saturated rings. The molecule has 0 unspecified atom stereocenters. The number of halogens is 3. The molecule has 7 nitrogen and oxygen atoms in total. The van der Waals surface area contributed by atoms with Crippen molar-refractivity contribution < 1.29 is 27.3 Å². The van der Waals surface area contributed by atoms with Gasteiger partial charge in [0.05, 0.1) is 6.04 Å². The Labute approximate surface area is 188 Å². The Kier molecular flexibility index (Phi) is 5.21. The van der Waals surface area contributed by atoms with Crippen LogP contribution in [0.2, 0.25) is 0 Å². The lowest BCUT2D eigenvalue weighted by Crippen LogP contribution is -2.56. The van der Waals surface area contributed by atoms with Gasteiger partial charge in [-0.15, -0.1) is 0 Å². The predicted molar refractivity (Wildman–Crippen MR) is 111 cm³/mol. The van der Waals surface area contributed by atoms with Crippen LogP contribution in [0.5, 0.6) is 0 Å². The molecule has 1 aromatic carbocycles. The Hall–Kier alpha value is -2.91. The summed E-state index contributed by atoms with van der Waals surface area (Å²) in [5.74, 6) is -1.76. The van der Waals surface area contributed by atoms with Crippen LogP contribution in [0.15, 0.2) is 22.7 Å². The van der Waals surface area contributed by atoms with Gasteiger partial charge in [0.25, 0.3) is 5.91 Å². The number of hydrogen-bond acceptors (Lipinski definition) is 5. The lowest BCUT2D eigenvalue weighted by molar-refractivity contribution is -0.159. The number of carbonyl (C=O) groups excluding carboxylic acids is 2. The summed E-state index contributed by atoms with van der Waals surface area (Å²) in [7, 11) is 0. The van der Waals surface area contributed by atoms with Crippen molar-refractivity contribution in [3.05, 3.63) is 35.2 Å². The molecule has 1 aliphatic heterocycles. The van der Waals surface area contributed by atoms with E-state index >= 15 is 0 Å². The second kappa shape index (κ2) is 7.85. The van der Waals surface area contributed by atoms with Crippen LogP contribution in [0.1, 0.15) is 73.7 Å². The summed E-state index contributed by atoms with van der Waals surface area (Å²) in [6.07, 6.45) is 1.70. The third-order valence-electron chi connectivity index (χ3n) is 7.32. The maximum absolute atomic E-state index is 13.3. The van der Waals surface area contributed by atoms with Crippen molar-refractivity contribution in [1.29, 1.82) is 0 Å². The normalized spacial score (nSPS) is 24.4. The van der Waals surface area contributed by atoms with Crippen LogP contribution < -0.4 is 5.32 Å². The van der Waals surface area contributed by atoms with Crippen molar-refractivity contribution in [2.75, 3.05) is 0 Å². The molecule has 2 saturated carbocycles. The van der Waals surface area contributed by atoms with Gasteiger partial charge in [0, 0.05) is 29.1 Å². The van der Waals surface area contributed by atoms with Gasteiger partial charge in [0.15, 0.2) is 0 Å². The number of hydrogen-bond donors (Lipinski definition) is 1. The van der Waals surface area contributed by atoms with Gasteiger partial charge < -0.3 is 14.7 Å². The van der Waals surface area contributed by atoms with Gasteiger partial charge in [-0.05, 0) is 37.3 Å². The number of amides is 2. The van der Waals surface area contributed by atoms with Gasteiger partial charge in [-0.3, -0.25) is 9.59 Å². The highest BCUT2D eigenvalue weighted by molar-refractivity contribution is 5.99. The molecular formula is C23H25F3N4O3. The van der Waals surface area contributed by atoms with E-state index in [2.05, 4.69) is 20.0 Å². The van der Waals surface area contributed by atoms with E-state index in [0.29, 0.717) is 12.1 Å². The van der Waals surface area contributed by atoms with Gasteiger partial charge >= 0.3 is 12.1 Å². The Morgan fingerprint density at radius 3 is 2.64 bits per heavy atom. The van der Waals surface area contributed by atoms with Crippen molar-refractivity contribution in [2.45, 2.75) is 76.7 Å². The molecule has 2 atom stereocenters. The molecule has 0 spiro atoms. The minimum absolute atomic E-state index is 0.0645. The Morgan fingerprint density at radius 1 is 1.21 bits per heavy atom. The molecule has 0 saturated heterocycles. The fraction of sp³-hybridized carbons (Fsp3) is 0.565. The number of aromatic nitrogens is 2. The summed E-state index contributed by atoms with van der Waals surface area (Å²) in [6.45, 7) is 2.40. The number of benzene rings is 1. The van der Waals surface area contributed by atoms with Gasteiger partial charge in [0.2, 0.25) is 11.7 Å². The van der Waals surface area contributed by atoms with Crippen molar-refractivity contribution in [1.82, 2.24) is 20.4 Å². The topological polar surface area (TPSA) is 88.3 Å². The van der Waals surface area contributed by atoms with Gasteiger partial charge in [-0.2, -0.15) is 18.2 Å². The lowest BCUT2D eigenvalue weighted by Gasteiger charge is -2.42. The summed E-state index contributed by atoms with van der Waals surface area (Å²) >= 11 is 0. The Bertz CT molecular complexity index is 1090. The quantitative estimate of drug-likeness (QED) is 0.731. The maximum atomic E-state index is 13.3. The fourth-order valence-electron chi connectivity index (χ4n) is 5.12. The molecule has 1 N–H and O–H groups in total. The molecule has 2 aromatic rings. The SMILES string of the molecule is CC1(C(=O)N[C@@H]2CCCC[C@H]2N2Cc3ccc(-c4noc(C(F)(F)F)n4)cc3C2=O)CCC1. The molecule has 1 aromatic heterocycles. The largest absolute Gasteiger partial charge is 0.471 e. The number of fused-ring (bicyclic) bond motifs is 1. The van der Waals surface area contributed by atoms with Crippen LogP contribution in [0.3, 0.4) is 0 Å². The third-order valence-corrected chi connectivity index (χ3v) is 7.32. The highest BCUT2D eigenvalue weighted by Crippen LogP contribution is 2.41. The summed E-state index contributed by atoms with van der Waals surface area (Å²) < 4.78 is 42.7. The van der Waals surface area contributed by atoms with Gasteiger partial charge in [-0.25, -0.2) is 0 Å². The fourth-order valence-corrected chi connectivity index (χ4v) is 5.12. The van der Waals surface area contributed by atoms with Crippen molar-refractivity contribution in [3.63, 3.8) is 0 Å². The van der Waals surface area contributed by atoms with E-state index in [-0.39, 0.29) is 40.7 Å². The first-order valence-corrected chi connectivity index (χ1v) is 11.3. The van der Waals surface area contributed by atoms with Crippen molar-refractivity contribution >= 4 is 11.8 Å². The molecule has 176 valence electrons. The van der Waals surface area contributed by atoms with Gasteiger partial charge in [-0.1, -0.05) is 43.5 Å². The van der Waals surface area contributed by atoms with E-state index in [1.165, 1.54) is 6.07 Å². The number of alkyl halides is 3. The summed E-state index contributed by atoms with van der Waals surface area (Å²) in [4.78, 5) is 31.3. The first kappa shape index (κ1) is 21.9. The van der Waals surface area contributed by atoms with Crippen molar-refractivity contribution in [2.24, 2.45) is 5.41 Å². The molecular weight excluding hydrogens is 437 g/mol. The van der Waals surface area contributed by atoms with Crippen LogP contribution >= 0.6 is 0 Å². The van der Waals surface area contributed by atoms with Crippen molar-refractivity contribution in [3.8, 4) is 11.4 Å². The molecule has 2 heterocycles. The second-order valence-corrected chi connectivity index (χ2v) is 9.57. The highest BCUT2D eigenvalue weighted by Gasteiger charge is 2.44. The smallest absolute Gasteiger partial charge is 0.351 e. The zero-order valence-corrected chi connectivity index (χ0v) is 18.2. The van der Waals surface area contributed by atoms with Crippen LogP contribution in [0, 0.1) is 5.41 Å². The number of nitrogens with zero attached hydrogens (tertiary/aromatic N) is 3. The monoisotopic (exact) mass is 462 g/mol. The molecule has 33 heavy (non-hydrogen) atoms. The van der Waals surface area contributed by atoms with E-state index in [0.717, 1.165) is 50.5 Å². The lowest BCUT2D eigenvalue weighted by atomic mass is 9.69. The first-order valence-electron chi connectivity index (χ1n) is 11.3. The number of nitrogens with one attached hydrogen (secondary N) is 1. The second-order valence-electron chi connectivity index (χ2n) is 9.57. The standard InChI is InChI=1S/C23H25F3N4O3/c1-22(9-4-10-22)20(32)27-16-5-2-3-6-17(16)30-12-14-8-7-13(11-15(14)19(30)31)18-28-21(33-29-18)23(24,25)26/h7-8,11,16-17H,2-6,9-10,12H2,1H3,(H,27,32)/t16-,17-/m1/s1. The van der Waals surface area contributed by atoms with Gasteiger partial charge in [0.1, 0.15) is 0 Å². The minimum Gasteiger partial charge on any atom is -0.351 e. The molecule has 10 heteroatoms. The molecule has 2 aliphatic carbocycles. The van der Waals surface area contributed by atoms with Crippen LogP contribution in [0.25, 0.3) is 11.4 Å². The number of carbonyl (C=O) groups is 2. The zero-order valence-electron chi connectivity index (χ0n) is 18.2.